The number of benzene rings is 2. The Hall–Kier alpha value is -2.13. The first-order chi connectivity index (χ1) is 10.5. The normalized spacial score (nSPS) is 13.7. The van der Waals surface area contributed by atoms with Gasteiger partial charge in [0.2, 0.25) is 5.91 Å². The van der Waals surface area contributed by atoms with Crippen LogP contribution in [-0.4, -0.2) is 24.9 Å². The fraction of sp³-hybridized carbons (Fsp3) is 0.316. The lowest BCUT2D eigenvalue weighted by Crippen LogP contribution is -2.39. The van der Waals surface area contributed by atoms with Crippen molar-refractivity contribution in [1.29, 1.82) is 0 Å². The van der Waals surface area contributed by atoms with E-state index in [1.165, 1.54) is 5.56 Å². The molecule has 0 aliphatic heterocycles. The molecule has 0 spiro atoms. The van der Waals surface area contributed by atoms with Crippen LogP contribution in [0.2, 0.25) is 0 Å². The molecule has 0 saturated heterocycles. The molecule has 2 unspecified atom stereocenters. The summed E-state index contributed by atoms with van der Waals surface area (Å²) in [5, 5.41) is 3.13. The lowest BCUT2D eigenvalue weighted by atomic mass is 9.99. The van der Waals surface area contributed by atoms with Crippen molar-refractivity contribution in [3.8, 4) is 0 Å². The molecule has 0 fully saturated rings. The third-order valence-corrected chi connectivity index (χ3v) is 3.88. The molecule has 0 saturated carbocycles. The second-order valence-corrected chi connectivity index (χ2v) is 5.92. The highest BCUT2D eigenvalue weighted by atomic mass is 16.2. The molecule has 116 valence electrons. The third kappa shape index (κ3) is 3.95. The summed E-state index contributed by atoms with van der Waals surface area (Å²) >= 11 is 0. The van der Waals surface area contributed by atoms with Crippen LogP contribution in [0.3, 0.4) is 0 Å². The van der Waals surface area contributed by atoms with Crippen molar-refractivity contribution < 1.29 is 4.79 Å². The molecule has 0 bridgehead atoms. The number of amides is 1. The van der Waals surface area contributed by atoms with Gasteiger partial charge in [0, 0.05) is 0 Å². The van der Waals surface area contributed by atoms with Crippen LogP contribution in [-0.2, 0) is 4.79 Å². The molecule has 0 aromatic heterocycles. The molecule has 2 aromatic carbocycles. The molecule has 22 heavy (non-hydrogen) atoms. The smallest absolute Gasteiger partial charge is 0.228 e. The van der Waals surface area contributed by atoms with Crippen LogP contribution in [0.1, 0.15) is 35.7 Å². The van der Waals surface area contributed by atoms with Crippen molar-refractivity contribution in [2.24, 2.45) is 0 Å². The van der Waals surface area contributed by atoms with Gasteiger partial charge in [-0.25, -0.2) is 0 Å². The van der Waals surface area contributed by atoms with E-state index in [-0.39, 0.29) is 18.0 Å². The third-order valence-electron chi connectivity index (χ3n) is 3.88. The molecule has 1 amide bonds. The van der Waals surface area contributed by atoms with Crippen LogP contribution in [0.25, 0.3) is 0 Å². The molecule has 1 N–H and O–H groups in total. The average molecular weight is 296 g/mol. The van der Waals surface area contributed by atoms with Gasteiger partial charge in [-0.2, -0.15) is 0 Å². The van der Waals surface area contributed by atoms with Crippen molar-refractivity contribution in [2.75, 3.05) is 14.1 Å². The Morgan fingerprint density at radius 2 is 1.55 bits per heavy atom. The van der Waals surface area contributed by atoms with Gasteiger partial charge < -0.3 is 5.32 Å². The molecular formula is C19H24N2O. The van der Waals surface area contributed by atoms with Crippen molar-refractivity contribution in [3.05, 3.63) is 71.3 Å². The van der Waals surface area contributed by atoms with E-state index in [0.29, 0.717) is 0 Å². The predicted octanol–water partition coefficient (Wildman–Crippen LogP) is 3.48. The topological polar surface area (TPSA) is 32.3 Å². The quantitative estimate of drug-likeness (QED) is 0.857. The lowest BCUT2D eigenvalue weighted by Gasteiger charge is -2.27. The zero-order valence-electron chi connectivity index (χ0n) is 13.7. The van der Waals surface area contributed by atoms with E-state index in [1.54, 1.807) is 0 Å². The second-order valence-electron chi connectivity index (χ2n) is 5.92. The van der Waals surface area contributed by atoms with E-state index in [1.807, 2.05) is 87.4 Å². The Morgan fingerprint density at radius 3 is 2.09 bits per heavy atom. The molecule has 2 atom stereocenters. The van der Waals surface area contributed by atoms with E-state index in [4.69, 9.17) is 0 Å². The van der Waals surface area contributed by atoms with E-state index in [2.05, 4.69) is 5.32 Å². The fourth-order valence-electron chi connectivity index (χ4n) is 2.41. The van der Waals surface area contributed by atoms with Gasteiger partial charge in [-0.3, -0.25) is 9.69 Å². The number of nitrogens with zero attached hydrogens (tertiary/aromatic N) is 1. The highest BCUT2D eigenvalue weighted by molar-refractivity contribution is 5.83. The highest BCUT2D eigenvalue weighted by Crippen LogP contribution is 2.20. The van der Waals surface area contributed by atoms with Gasteiger partial charge in [0.25, 0.3) is 0 Å². The Balaban J connectivity index is 2.13. The molecular weight excluding hydrogens is 272 g/mol. The van der Waals surface area contributed by atoms with Crippen LogP contribution in [0, 0.1) is 6.92 Å². The second kappa shape index (κ2) is 7.23. The van der Waals surface area contributed by atoms with E-state index in [0.717, 1.165) is 11.1 Å². The van der Waals surface area contributed by atoms with Crippen molar-refractivity contribution in [3.63, 3.8) is 0 Å². The van der Waals surface area contributed by atoms with Crippen LogP contribution in [0.5, 0.6) is 0 Å². The fourth-order valence-corrected chi connectivity index (χ4v) is 2.41. The van der Waals surface area contributed by atoms with E-state index < -0.39 is 0 Å². The minimum absolute atomic E-state index is 0.0337. The Morgan fingerprint density at radius 1 is 0.955 bits per heavy atom. The van der Waals surface area contributed by atoms with E-state index in [9.17, 15) is 4.79 Å². The summed E-state index contributed by atoms with van der Waals surface area (Å²) in [5.74, 6) is -0.141. The summed E-state index contributed by atoms with van der Waals surface area (Å²) in [7, 11) is 3.93. The van der Waals surface area contributed by atoms with Gasteiger partial charge in [0.05, 0.1) is 5.92 Å². The molecule has 2 aromatic rings. The van der Waals surface area contributed by atoms with Crippen LogP contribution in [0.15, 0.2) is 54.6 Å². The Bertz CT molecular complexity index is 605. The van der Waals surface area contributed by atoms with Gasteiger partial charge in [-0.1, -0.05) is 60.2 Å². The summed E-state index contributed by atoms with van der Waals surface area (Å²) in [4.78, 5) is 14.6. The first-order valence-electron chi connectivity index (χ1n) is 7.57. The molecule has 0 aliphatic rings. The maximum atomic E-state index is 12.6. The standard InChI is InChI=1S/C19H24N2O/c1-14-10-12-16(13-11-14)15(2)19(22)20-18(21(3)4)17-8-6-5-7-9-17/h5-13,15,18H,1-4H3,(H,20,22). The van der Waals surface area contributed by atoms with Gasteiger partial charge in [-0.05, 0) is 39.1 Å². The summed E-state index contributed by atoms with van der Waals surface area (Å²) in [6.45, 7) is 3.99. The number of hydrogen-bond acceptors (Lipinski definition) is 2. The zero-order chi connectivity index (χ0) is 16.1. The zero-order valence-corrected chi connectivity index (χ0v) is 13.7. The molecule has 3 nitrogen and oxygen atoms in total. The predicted molar refractivity (Wildman–Crippen MR) is 90.6 cm³/mol. The molecule has 0 aliphatic carbocycles. The molecule has 0 heterocycles. The SMILES string of the molecule is Cc1ccc(C(C)C(=O)NC(c2ccccc2)N(C)C)cc1. The first-order valence-corrected chi connectivity index (χ1v) is 7.57. The van der Waals surface area contributed by atoms with Gasteiger partial charge >= 0.3 is 0 Å². The summed E-state index contributed by atoms with van der Waals surface area (Å²) in [6.07, 6.45) is -0.124. The maximum absolute atomic E-state index is 12.6. The van der Waals surface area contributed by atoms with Gasteiger partial charge in [-0.15, -0.1) is 0 Å². The number of carbonyl (C=O) groups excluding carboxylic acids is 1. The number of rotatable bonds is 5. The number of carbonyl (C=O) groups is 1. The number of aryl methyl sites for hydroxylation is 1. The summed E-state index contributed by atoms with van der Waals surface area (Å²) in [5.41, 5.74) is 3.32. The number of nitrogens with one attached hydrogen (secondary N) is 1. The van der Waals surface area contributed by atoms with Crippen LogP contribution < -0.4 is 5.32 Å². The lowest BCUT2D eigenvalue weighted by molar-refractivity contribution is -0.124. The van der Waals surface area contributed by atoms with Crippen molar-refractivity contribution in [1.82, 2.24) is 10.2 Å². The summed E-state index contributed by atoms with van der Waals surface area (Å²) in [6, 6.07) is 18.1. The first kappa shape index (κ1) is 16.2. The number of hydrogen-bond donors (Lipinski definition) is 1. The van der Waals surface area contributed by atoms with E-state index >= 15 is 0 Å². The summed E-state index contributed by atoms with van der Waals surface area (Å²) < 4.78 is 0. The Labute approximate surface area is 133 Å². The van der Waals surface area contributed by atoms with Crippen LogP contribution >= 0.6 is 0 Å². The largest absolute Gasteiger partial charge is 0.336 e. The Kier molecular flexibility index (Phi) is 5.34. The molecule has 0 radical (unpaired) electrons. The van der Waals surface area contributed by atoms with Crippen molar-refractivity contribution in [2.45, 2.75) is 25.9 Å². The van der Waals surface area contributed by atoms with Gasteiger partial charge in [0.1, 0.15) is 6.17 Å². The molecule has 2 rings (SSSR count). The average Bonchev–Trinajstić information content (AvgIpc) is 2.53. The minimum atomic E-state index is -0.174. The molecule has 3 heteroatoms. The monoisotopic (exact) mass is 296 g/mol. The van der Waals surface area contributed by atoms with Crippen molar-refractivity contribution >= 4 is 5.91 Å². The van der Waals surface area contributed by atoms with Crippen LogP contribution in [0.4, 0.5) is 0 Å². The highest BCUT2D eigenvalue weighted by Gasteiger charge is 2.21. The minimum Gasteiger partial charge on any atom is -0.336 e. The van der Waals surface area contributed by atoms with Gasteiger partial charge in [0.15, 0.2) is 0 Å². The maximum Gasteiger partial charge on any atom is 0.228 e.